The molecule has 0 aliphatic heterocycles. The molecule has 1 saturated carbocycles. The van der Waals surface area contributed by atoms with Crippen molar-refractivity contribution in [2.75, 3.05) is 13.6 Å². The summed E-state index contributed by atoms with van der Waals surface area (Å²) in [7, 11) is 1.99. The molecule has 1 aromatic carbocycles. The van der Waals surface area contributed by atoms with Crippen molar-refractivity contribution in [3.05, 3.63) is 34.6 Å². The number of halogens is 3. The molecule has 0 bridgehead atoms. The molecule has 0 spiro atoms. The van der Waals surface area contributed by atoms with E-state index in [0.29, 0.717) is 28.4 Å². The van der Waals surface area contributed by atoms with Crippen LogP contribution < -0.4 is 0 Å². The number of hydrogen-bond acceptors (Lipinski definition) is 1. The number of alkyl halides is 1. The van der Waals surface area contributed by atoms with Crippen molar-refractivity contribution in [3.63, 3.8) is 0 Å². The largest absolute Gasteiger partial charge is 0.302 e. The van der Waals surface area contributed by atoms with Crippen molar-refractivity contribution >= 4 is 23.2 Å². The highest BCUT2D eigenvalue weighted by Gasteiger charge is 2.28. The monoisotopic (exact) mass is 275 g/mol. The fourth-order valence-electron chi connectivity index (χ4n) is 2.26. The maximum Gasteiger partial charge on any atom is 0.129 e. The highest BCUT2D eigenvalue weighted by Crippen LogP contribution is 2.32. The molecule has 1 aliphatic carbocycles. The Morgan fingerprint density at radius 2 is 2.12 bits per heavy atom. The molecule has 94 valence electrons. The summed E-state index contributed by atoms with van der Waals surface area (Å²) in [6.45, 7) is 1.50. The molecule has 0 heterocycles. The van der Waals surface area contributed by atoms with Crippen molar-refractivity contribution in [3.8, 4) is 0 Å². The van der Waals surface area contributed by atoms with Crippen LogP contribution in [0.4, 0.5) is 4.39 Å². The molecule has 1 aliphatic rings. The van der Waals surface area contributed by atoms with Crippen molar-refractivity contribution in [1.29, 1.82) is 0 Å². The van der Waals surface area contributed by atoms with E-state index in [0.717, 1.165) is 19.4 Å². The van der Waals surface area contributed by atoms with E-state index >= 15 is 0 Å². The molecule has 1 nitrogen and oxygen atoms in total. The lowest BCUT2D eigenvalue weighted by Crippen LogP contribution is -2.34. The van der Waals surface area contributed by atoms with E-state index < -0.39 is 0 Å². The van der Waals surface area contributed by atoms with Crippen LogP contribution in [-0.4, -0.2) is 23.9 Å². The summed E-state index contributed by atoms with van der Waals surface area (Å²) in [4.78, 5) is 2.11. The molecule has 1 aromatic rings. The Labute approximate surface area is 112 Å². The Morgan fingerprint density at radius 1 is 1.41 bits per heavy atom. The van der Waals surface area contributed by atoms with Gasteiger partial charge in [-0.25, -0.2) is 4.39 Å². The van der Waals surface area contributed by atoms with E-state index in [1.54, 1.807) is 12.1 Å². The van der Waals surface area contributed by atoms with E-state index in [1.807, 2.05) is 7.05 Å². The molecule has 0 saturated heterocycles. The van der Waals surface area contributed by atoms with Crippen LogP contribution in [0, 0.1) is 11.7 Å². The molecule has 0 amide bonds. The van der Waals surface area contributed by atoms with Crippen molar-refractivity contribution in [2.24, 2.45) is 5.92 Å². The summed E-state index contributed by atoms with van der Waals surface area (Å²) >= 11 is 11.9. The first kappa shape index (κ1) is 13.1. The minimum atomic E-state index is -0.229. The zero-order valence-electron chi connectivity index (χ0n) is 9.80. The lowest BCUT2D eigenvalue weighted by atomic mass is 9.84. The topological polar surface area (TPSA) is 3.24 Å². The predicted octanol–water partition coefficient (Wildman–Crippen LogP) is 3.93. The Bertz CT molecular complexity index is 371. The normalized spacial score (nSPS) is 23.8. The summed E-state index contributed by atoms with van der Waals surface area (Å²) < 4.78 is 13.6. The Morgan fingerprint density at radius 3 is 2.71 bits per heavy atom. The first-order valence-electron chi connectivity index (χ1n) is 5.81. The summed E-state index contributed by atoms with van der Waals surface area (Å²) in [5.74, 6) is 0.418. The summed E-state index contributed by atoms with van der Waals surface area (Å²) in [5.41, 5.74) is 0.582. The smallest absolute Gasteiger partial charge is 0.129 e. The molecule has 0 atom stereocenters. The van der Waals surface area contributed by atoms with Gasteiger partial charge in [-0.3, -0.25) is 0 Å². The lowest BCUT2D eigenvalue weighted by molar-refractivity contribution is 0.202. The summed E-state index contributed by atoms with van der Waals surface area (Å²) in [5, 5.41) is 0.839. The van der Waals surface area contributed by atoms with Crippen LogP contribution in [0.2, 0.25) is 5.02 Å². The van der Waals surface area contributed by atoms with Gasteiger partial charge in [0.15, 0.2) is 0 Å². The van der Waals surface area contributed by atoms with Gasteiger partial charge in [-0.05, 0) is 37.9 Å². The second kappa shape index (κ2) is 5.55. The van der Waals surface area contributed by atoms with Crippen molar-refractivity contribution in [1.82, 2.24) is 4.90 Å². The quantitative estimate of drug-likeness (QED) is 0.753. The number of benzene rings is 1. The van der Waals surface area contributed by atoms with Gasteiger partial charge in [0.25, 0.3) is 0 Å². The standard InChI is InChI=1S/C13H16Cl2FN/c1-17(7-9-5-10(14)6-9)8-11-12(15)3-2-4-13(11)16/h2-4,9-10H,5-8H2,1H3. The third kappa shape index (κ3) is 3.34. The van der Waals surface area contributed by atoms with E-state index in [4.69, 9.17) is 23.2 Å². The van der Waals surface area contributed by atoms with Gasteiger partial charge in [0.2, 0.25) is 0 Å². The molecular formula is C13H16Cl2FN. The average molecular weight is 276 g/mol. The Hall–Kier alpha value is -0.310. The average Bonchev–Trinajstić information content (AvgIpc) is 2.21. The molecule has 4 heteroatoms. The number of hydrogen-bond donors (Lipinski definition) is 0. The first-order chi connectivity index (χ1) is 8.06. The van der Waals surface area contributed by atoms with Crippen LogP contribution >= 0.6 is 23.2 Å². The highest BCUT2D eigenvalue weighted by molar-refractivity contribution is 6.31. The molecule has 17 heavy (non-hydrogen) atoms. The van der Waals surface area contributed by atoms with Gasteiger partial charge < -0.3 is 4.90 Å². The third-order valence-corrected chi connectivity index (χ3v) is 3.95. The molecule has 2 rings (SSSR count). The van der Waals surface area contributed by atoms with Gasteiger partial charge in [0.1, 0.15) is 5.82 Å². The van der Waals surface area contributed by atoms with Crippen molar-refractivity contribution in [2.45, 2.75) is 24.8 Å². The van der Waals surface area contributed by atoms with Crippen LogP contribution in [0.25, 0.3) is 0 Å². The van der Waals surface area contributed by atoms with Gasteiger partial charge >= 0.3 is 0 Å². The second-order valence-corrected chi connectivity index (χ2v) is 5.86. The van der Waals surface area contributed by atoms with E-state index in [9.17, 15) is 4.39 Å². The lowest BCUT2D eigenvalue weighted by Gasteiger charge is -2.34. The van der Waals surface area contributed by atoms with E-state index in [-0.39, 0.29) is 5.82 Å². The van der Waals surface area contributed by atoms with Crippen LogP contribution in [0.5, 0.6) is 0 Å². The first-order valence-corrected chi connectivity index (χ1v) is 6.63. The summed E-state index contributed by atoms with van der Waals surface area (Å²) in [6, 6.07) is 4.81. The molecule has 0 radical (unpaired) electrons. The minimum Gasteiger partial charge on any atom is -0.302 e. The van der Waals surface area contributed by atoms with Crippen LogP contribution in [0.15, 0.2) is 18.2 Å². The van der Waals surface area contributed by atoms with Crippen LogP contribution in [0.3, 0.4) is 0 Å². The second-order valence-electron chi connectivity index (χ2n) is 4.83. The van der Waals surface area contributed by atoms with E-state index in [1.165, 1.54) is 6.07 Å². The van der Waals surface area contributed by atoms with Gasteiger partial charge in [0.05, 0.1) is 0 Å². The maximum absolute atomic E-state index is 13.6. The van der Waals surface area contributed by atoms with Crippen molar-refractivity contribution < 1.29 is 4.39 Å². The fraction of sp³-hybridized carbons (Fsp3) is 0.538. The van der Waals surface area contributed by atoms with Gasteiger partial charge in [0, 0.05) is 29.1 Å². The molecular weight excluding hydrogens is 260 g/mol. The molecule has 0 unspecified atom stereocenters. The zero-order chi connectivity index (χ0) is 12.4. The molecule has 0 N–H and O–H groups in total. The molecule has 0 aromatic heterocycles. The van der Waals surface area contributed by atoms with Crippen LogP contribution in [-0.2, 0) is 6.54 Å². The maximum atomic E-state index is 13.6. The number of nitrogens with zero attached hydrogens (tertiary/aromatic N) is 1. The Balaban J connectivity index is 1.91. The van der Waals surface area contributed by atoms with Gasteiger partial charge in [-0.15, -0.1) is 11.6 Å². The van der Waals surface area contributed by atoms with E-state index in [2.05, 4.69) is 4.90 Å². The Kier molecular flexibility index (Phi) is 4.29. The van der Waals surface area contributed by atoms with Gasteiger partial charge in [-0.1, -0.05) is 17.7 Å². The predicted molar refractivity (Wildman–Crippen MR) is 70.1 cm³/mol. The fourth-order valence-corrected chi connectivity index (χ4v) is 2.99. The minimum absolute atomic E-state index is 0.229. The zero-order valence-corrected chi connectivity index (χ0v) is 11.3. The molecule has 1 fully saturated rings. The highest BCUT2D eigenvalue weighted by atomic mass is 35.5. The van der Waals surface area contributed by atoms with Crippen LogP contribution in [0.1, 0.15) is 18.4 Å². The third-order valence-electron chi connectivity index (χ3n) is 3.24. The number of rotatable bonds is 4. The summed E-state index contributed by atoms with van der Waals surface area (Å²) in [6.07, 6.45) is 2.13. The SMILES string of the molecule is CN(Cc1c(F)cccc1Cl)CC1CC(Cl)C1. The van der Waals surface area contributed by atoms with Gasteiger partial charge in [-0.2, -0.15) is 0 Å².